The fourth-order valence-electron chi connectivity index (χ4n) is 0. The van der Waals surface area contributed by atoms with Gasteiger partial charge in [-0.3, -0.25) is 0 Å². The van der Waals surface area contributed by atoms with Gasteiger partial charge in [-0.25, -0.2) is 0 Å². The maximum absolute atomic E-state index is 7.65. The smallest absolute Gasteiger partial charge is 1.00 e. The summed E-state index contributed by atoms with van der Waals surface area (Å²) in [6.45, 7) is 0. The SMILES string of the molecule is OB(O)OBr.[H-].[Li+]. The van der Waals surface area contributed by atoms with Crippen LogP contribution in [-0.2, 0) is 3.75 Å². The Kier molecular flexibility index (Phi) is 10.1. The zero-order chi connectivity index (χ0) is 4.28. The molecule has 0 radical (unpaired) electrons. The van der Waals surface area contributed by atoms with Gasteiger partial charge in [-0.1, -0.05) is 0 Å². The van der Waals surface area contributed by atoms with Crippen molar-refractivity contribution in [1.29, 1.82) is 0 Å². The van der Waals surface area contributed by atoms with Gasteiger partial charge < -0.3 is 15.2 Å². The zero-order valence-electron chi connectivity index (χ0n) is 4.26. The Hall–Kier alpha value is 1.02. The van der Waals surface area contributed by atoms with Gasteiger partial charge in [-0.15, -0.1) is 0 Å². The molecule has 0 aromatic carbocycles. The first kappa shape index (κ1) is 10.1. The Labute approximate surface area is 58.0 Å². The van der Waals surface area contributed by atoms with E-state index in [1.165, 1.54) is 0 Å². The summed E-state index contributed by atoms with van der Waals surface area (Å²) < 4.78 is 3.67. The van der Waals surface area contributed by atoms with E-state index in [4.69, 9.17) is 10.0 Å². The Bertz CT molecular complexity index is 28.9. The van der Waals surface area contributed by atoms with Crippen LogP contribution in [0.15, 0.2) is 0 Å². The second-order valence-electron chi connectivity index (χ2n) is 0.415. The van der Waals surface area contributed by atoms with Crippen molar-refractivity contribution in [3.63, 3.8) is 0 Å². The van der Waals surface area contributed by atoms with Gasteiger partial charge in [0, 0.05) is 0 Å². The maximum Gasteiger partial charge on any atom is 1.00 e. The molecule has 32 valence electrons. The van der Waals surface area contributed by atoms with E-state index in [0.717, 1.165) is 0 Å². The van der Waals surface area contributed by atoms with Crippen molar-refractivity contribution in [3.05, 3.63) is 0 Å². The van der Waals surface area contributed by atoms with Gasteiger partial charge in [-0.2, -0.15) is 0 Å². The third-order valence-corrected chi connectivity index (χ3v) is 0.414. The fourth-order valence-corrected chi connectivity index (χ4v) is 0. The molecule has 0 rings (SSSR count). The van der Waals surface area contributed by atoms with Gasteiger partial charge in [0.15, 0.2) is 0 Å². The summed E-state index contributed by atoms with van der Waals surface area (Å²) in [6, 6.07) is 0. The summed E-state index contributed by atoms with van der Waals surface area (Å²) in [4.78, 5) is 0. The van der Waals surface area contributed by atoms with Crippen molar-refractivity contribution in [2.75, 3.05) is 0 Å². The Balaban J connectivity index is -0.0000000800. The first-order chi connectivity index (χ1) is 2.27. The van der Waals surface area contributed by atoms with Crippen LogP contribution in [0.4, 0.5) is 0 Å². The van der Waals surface area contributed by atoms with Crippen LogP contribution in [0, 0.1) is 0 Å². The van der Waals surface area contributed by atoms with Crippen LogP contribution in [0.5, 0.6) is 0 Å². The van der Waals surface area contributed by atoms with Crippen molar-refractivity contribution in [1.82, 2.24) is 0 Å². The largest absolute Gasteiger partial charge is 1.00 e. The topological polar surface area (TPSA) is 49.7 Å². The molecular weight excluding hydrogens is 146 g/mol. The summed E-state index contributed by atoms with van der Waals surface area (Å²) in [5, 5.41) is 15.3. The van der Waals surface area contributed by atoms with Gasteiger partial charge in [0.25, 0.3) is 0 Å². The molecular formula is H3BBrLiO3. The van der Waals surface area contributed by atoms with Crippen molar-refractivity contribution in [2.45, 2.75) is 0 Å². The van der Waals surface area contributed by atoms with Crippen LogP contribution in [-0.4, -0.2) is 17.4 Å². The molecule has 0 saturated heterocycles. The maximum atomic E-state index is 7.65. The number of hydrogen-bond donors (Lipinski definition) is 2. The van der Waals surface area contributed by atoms with Crippen molar-refractivity contribution < 1.29 is 34.1 Å². The van der Waals surface area contributed by atoms with Crippen LogP contribution in [0.3, 0.4) is 0 Å². The van der Waals surface area contributed by atoms with Crippen LogP contribution in [0.1, 0.15) is 1.43 Å². The molecule has 0 fully saturated rings. The molecule has 6 heavy (non-hydrogen) atoms. The van der Waals surface area contributed by atoms with Crippen LogP contribution >= 0.6 is 16.3 Å². The van der Waals surface area contributed by atoms with Crippen LogP contribution in [0.2, 0.25) is 0 Å². The van der Waals surface area contributed by atoms with E-state index in [9.17, 15) is 0 Å². The summed E-state index contributed by atoms with van der Waals surface area (Å²) in [7, 11) is -1.70. The Morgan fingerprint density at radius 3 is 1.83 bits per heavy atom. The molecule has 2 N–H and O–H groups in total. The standard InChI is InChI=1S/BBrH2O3.Li.H/c2-5-1(3)4;;/h3-4H;;/q;+1;-1. The van der Waals surface area contributed by atoms with Crippen molar-refractivity contribution in [3.8, 4) is 0 Å². The van der Waals surface area contributed by atoms with Crippen molar-refractivity contribution in [2.24, 2.45) is 0 Å². The first-order valence-corrected chi connectivity index (χ1v) is 1.55. The van der Waals surface area contributed by atoms with Gasteiger partial charge >= 0.3 is 26.2 Å². The third kappa shape index (κ3) is 8.90. The molecule has 0 aliphatic rings. The minimum Gasteiger partial charge on any atom is -1.00 e. The second-order valence-corrected chi connectivity index (χ2v) is 0.789. The third-order valence-electron chi connectivity index (χ3n) is 0.0797. The van der Waals surface area contributed by atoms with Gasteiger partial charge in [0.2, 0.25) is 0 Å². The summed E-state index contributed by atoms with van der Waals surface area (Å²) in [6.07, 6.45) is 0. The van der Waals surface area contributed by atoms with E-state index in [2.05, 4.69) is 20.0 Å². The minimum absolute atomic E-state index is 0. The minimum atomic E-state index is -1.70. The molecule has 0 saturated carbocycles. The molecule has 0 aliphatic heterocycles. The molecule has 0 spiro atoms. The Morgan fingerprint density at radius 1 is 1.67 bits per heavy atom. The van der Waals surface area contributed by atoms with Gasteiger partial charge in [0.05, 0.1) is 16.3 Å². The van der Waals surface area contributed by atoms with Gasteiger partial charge in [0.1, 0.15) is 0 Å². The van der Waals surface area contributed by atoms with E-state index in [-0.39, 0.29) is 20.3 Å². The average molecular weight is 149 g/mol. The average Bonchev–Trinajstić information content (AvgIpc) is 1.38. The predicted octanol–water partition coefficient (Wildman–Crippen LogP) is -3.60. The predicted molar refractivity (Wildman–Crippen MR) is 21.3 cm³/mol. The molecule has 0 amide bonds. The second kappa shape index (κ2) is 6.02. The Morgan fingerprint density at radius 2 is 1.83 bits per heavy atom. The molecule has 3 nitrogen and oxygen atoms in total. The summed E-state index contributed by atoms with van der Waals surface area (Å²) in [5.74, 6) is 0. The summed E-state index contributed by atoms with van der Waals surface area (Å²) in [5.41, 5.74) is 0. The molecule has 0 atom stereocenters. The quantitative estimate of drug-likeness (QED) is 0.378. The number of rotatable bonds is 1. The van der Waals surface area contributed by atoms with Crippen LogP contribution in [0.25, 0.3) is 0 Å². The molecule has 0 aliphatic carbocycles. The van der Waals surface area contributed by atoms with Crippen molar-refractivity contribution >= 4 is 23.6 Å². The molecule has 6 heteroatoms. The van der Waals surface area contributed by atoms with E-state index >= 15 is 0 Å². The number of hydrogen-bond acceptors (Lipinski definition) is 3. The monoisotopic (exact) mass is 148 g/mol. The molecule has 0 heterocycles. The van der Waals surface area contributed by atoms with E-state index in [0.29, 0.717) is 0 Å². The zero-order valence-corrected chi connectivity index (χ0v) is 4.84. The normalized spacial score (nSPS) is 6.50. The first-order valence-electron chi connectivity index (χ1n) is 0.906. The van der Waals surface area contributed by atoms with E-state index in [1.807, 2.05) is 0 Å². The fraction of sp³-hybridized carbons (Fsp3) is 0. The number of halogens is 1. The van der Waals surface area contributed by atoms with Gasteiger partial charge in [-0.05, 0) is 0 Å². The molecule has 0 aromatic heterocycles. The molecule has 0 unspecified atom stereocenters. The van der Waals surface area contributed by atoms with E-state index < -0.39 is 7.32 Å². The van der Waals surface area contributed by atoms with Crippen LogP contribution < -0.4 is 18.9 Å². The van der Waals surface area contributed by atoms with E-state index in [1.54, 1.807) is 0 Å². The summed E-state index contributed by atoms with van der Waals surface area (Å²) >= 11 is 2.31. The molecule has 0 aromatic rings. The molecule has 0 bridgehead atoms.